The summed E-state index contributed by atoms with van der Waals surface area (Å²) < 4.78 is 0. The van der Waals surface area contributed by atoms with Gasteiger partial charge in [-0.3, -0.25) is 9.69 Å². The Morgan fingerprint density at radius 1 is 0.880 bits per heavy atom. The van der Waals surface area contributed by atoms with E-state index in [1.54, 1.807) is 11.8 Å². The Labute approximate surface area is 160 Å². The van der Waals surface area contributed by atoms with Crippen molar-refractivity contribution in [3.8, 4) is 0 Å². The first-order chi connectivity index (χ1) is 12.2. The van der Waals surface area contributed by atoms with Gasteiger partial charge in [-0.2, -0.15) is 0 Å². The van der Waals surface area contributed by atoms with Crippen LogP contribution in [0.15, 0.2) is 87.5 Å². The number of carbonyl (C=O) groups excluding carboxylic acids is 1. The molecule has 0 N–H and O–H groups in total. The highest BCUT2D eigenvalue weighted by Crippen LogP contribution is 2.48. The van der Waals surface area contributed by atoms with E-state index in [0.717, 1.165) is 26.1 Å². The molecule has 1 aliphatic rings. The van der Waals surface area contributed by atoms with E-state index in [4.69, 9.17) is 11.6 Å². The number of hydrogen-bond donors (Lipinski definition) is 0. The number of halogens is 1. The fourth-order valence-corrected chi connectivity index (χ4v) is 4.89. The Morgan fingerprint density at radius 2 is 1.44 bits per heavy atom. The molecule has 0 radical (unpaired) electrons. The van der Waals surface area contributed by atoms with Crippen LogP contribution in [0.25, 0.3) is 0 Å². The molecule has 4 rings (SSSR count). The number of hydrogen-bond acceptors (Lipinski definition) is 3. The number of carbonyl (C=O) groups is 1. The van der Waals surface area contributed by atoms with Crippen molar-refractivity contribution in [1.82, 2.24) is 0 Å². The van der Waals surface area contributed by atoms with Gasteiger partial charge in [-0.1, -0.05) is 59.8 Å². The van der Waals surface area contributed by atoms with E-state index in [0.29, 0.717) is 10.8 Å². The average molecular weight is 384 g/mol. The van der Waals surface area contributed by atoms with Crippen LogP contribution in [0.5, 0.6) is 0 Å². The molecule has 0 aliphatic carbocycles. The second-order valence-electron chi connectivity index (χ2n) is 5.49. The molecule has 0 saturated heterocycles. The van der Waals surface area contributed by atoms with Crippen molar-refractivity contribution < 1.29 is 4.79 Å². The Balaban J connectivity index is 1.65. The fraction of sp³-hybridized carbons (Fsp3) is 0.0500. The van der Waals surface area contributed by atoms with Crippen molar-refractivity contribution in [2.24, 2.45) is 0 Å². The molecule has 0 spiro atoms. The number of rotatable bonds is 3. The van der Waals surface area contributed by atoms with Crippen LogP contribution in [0, 0.1) is 0 Å². The lowest BCUT2D eigenvalue weighted by atomic mass is 10.2. The lowest BCUT2D eigenvalue weighted by molar-refractivity contribution is -0.115. The molecule has 0 aromatic heterocycles. The van der Waals surface area contributed by atoms with Crippen LogP contribution in [0.2, 0.25) is 5.02 Å². The SMILES string of the molecule is O=C(CSc1ccccc1Cl)N1c2ccccc2Sc2ccccc21. The maximum atomic E-state index is 13.1. The first-order valence-corrected chi connectivity index (χ1v) is 9.98. The standard InChI is InChI=1S/C20H14ClNOS2/c21-14-7-1-4-10-17(14)24-13-20(23)22-15-8-2-5-11-18(15)25-19-12-6-3-9-16(19)22/h1-12H,13H2. The summed E-state index contributed by atoms with van der Waals surface area (Å²) in [6, 6.07) is 23.6. The molecule has 1 amide bonds. The van der Waals surface area contributed by atoms with Gasteiger partial charge in [0.25, 0.3) is 0 Å². The monoisotopic (exact) mass is 383 g/mol. The van der Waals surface area contributed by atoms with Crippen molar-refractivity contribution in [2.75, 3.05) is 10.7 Å². The first-order valence-electron chi connectivity index (χ1n) is 7.80. The van der Waals surface area contributed by atoms with E-state index in [2.05, 4.69) is 12.1 Å². The van der Waals surface area contributed by atoms with Gasteiger partial charge in [-0.25, -0.2) is 0 Å². The molecule has 0 fully saturated rings. The molecule has 0 bridgehead atoms. The van der Waals surface area contributed by atoms with Gasteiger partial charge >= 0.3 is 0 Å². The third-order valence-electron chi connectivity index (χ3n) is 3.87. The number of anilines is 2. The third kappa shape index (κ3) is 3.30. The van der Waals surface area contributed by atoms with Crippen molar-refractivity contribution in [3.63, 3.8) is 0 Å². The minimum atomic E-state index is 0.0464. The lowest BCUT2D eigenvalue weighted by Crippen LogP contribution is -2.29. The van der Waals surface area contributed by atoms with Gasteiger partial charge in [-0.05, 0) is 36.4 Å². The van der Waals surface area contributed by atoms with Crippen LogP contribution in [0.3, 0.4) is 0 Å². The van der Waals surface area contributed by atoms with Crippen LogP contribution in [-0.4, -0.2) is 11.7 Å². The van der Waals surface area contributed by atoms with E-state index in [-0.39, 0.29) is 5.91 Å². The van der Waals surface area contributed by atoms with Crippen molar-refractivity contribution in [2.45, 2.75) is 14.7 Å². The molecule has 5 heteroatoms. The predicted octanol–water partition coefficient (Wildman–Crippen LogP) is 6.26. The van der Waals surface area contributed by atoms with Gasteiger partial charge in [0.05, 0.1) is 22.2 Å². The topological polar surface area (TPSA) is 20.3 Å². The van der Waals surface area contributed by atoms with Crippen LogP contribution in [-0.2, 0) is 4.79 Å². The Bertz CT molecular complexity index is 899. The van der Waals surface area contributed by atoms with E-state index in [9.17, 15) is 4.79 Å². The number of thioether (sulfide) groups is 1. The summed E-state index contributed by atoms with van der Waals surface area (Å²) in [6.07, 6.45) is 0. The highest BCUT2D eigenvalue weighted by molar-refractivity contribution is 8.00. The summed E-state index contributed by atoms with van der Waals surface area (Å²) in [4.78, 5) is 18.0. The fourth-order valence-electron chi connectivity index (χ4n) is 2.74. The number of nitrogens with zero attached hydrogens (tertiary/aromatic N) is 1. The van der Waals surface area contributed by atoms with E-state index < -0.39 is 0 Å². The Morgan fingerprint density at radius 3 is 2.08 bits per heavy atom. The molecule has 0 saturated carbocycles. The number of para-hydroxylation sites is 2. The van der Waals surface area contributed by atoms with Crippen LogP contribution < -0.4 is 4.90 Å². The summed E-state index contributed by atoms with van der Waals surface area (Å²) in [7, 11) is 0. The van der Waals surface area contributed by atoms with Crippen LogP contribution in [0.1, 0.15) is 0 Å². The van der Waals surface area contributed by atoms with Crippen molar-refractivity contribution >= 4 is 52.4 Å². The van der Waals surface area contributed by atoms with Gasteiger partial charge in [0.1, 0.15) is 0 Å². The number of fused-ring (bicyclic) bond motifs is 2. The zero-order valence-corrected chi connectivity index (χ0v) is 15.6. The molecular weight excluding hydrogens is 370 g/mol. The van der Waals surface area contributed by atoms with Crippen molar-refractivity contribution in [1.29, 1.82) is 0 Å². The second-order valence-corrected chi connectivity index (χ2v) is 7.99. The van der Waals surface area contributed by atoms with E-state index in [1.165, 1.54) is 11.8 Å². The average Bonchev–Trinajstić information content (AvgIpc) is 2.65. The molecule has 124 valence electrons. The van der Waals surface area contributed by atoms with E-state index >= 15 is 0 Å². The Kier molecular flexibility index (Phi) is 4.75. The van der Waals surface area contributed by atoms with Gasteiger partial charge < -0.3 is 0 Å². The second kappa shape index (κ2) is 7.16. The molecule has 0 atom stereocenters. The first kappa shape index (κ1) is 16.6. The largest absolute Gasteiger partial charge is 0.278 e. The lowest BCUT2D eigenvalue weighted by Gasteiger charge is -2.31. The van der Waals surface area contributed by atoms with Gasteiger partial charge in [0.2, 0.25) is 5.91 Å². The highest BCUT2D eigenvalue weighted by atomic mass is 35.5. The molecule has 2 nitrogen and oxygen atoms in total. The molecule has 3 aromatic carbocycles. The summed E-state index contributed by atoms with van der Waals surface area (Å²) in [5.74, 6) is 0.377. The zero-order valence-electron chi connectivity index (χ0n) is 13.2. The molecule has 0 unspecified atom stereocenters. The number of amides is 1. The normalized spacial score (nSPS) is 12.4. The van der Waals surface area contributed by atoms with Crippen LogP contribution >= 0.6 is 35.1 Å². The predicted molar refractivity (Wildman–Crippen MR) is 106 cm³/mol. The zero-order chi connectivity index (χ0) is 17.2. The minimum Gasteiger partial charge on any atom is -0.278 e. The van der Waals surface area contributed by atoms with Gasteiger partial charge in [0, 0.05) is 14.7 Å². The maximum Gasteiger partial charge on any atom is 0.241 e. The molecule has 25 heavy (non-hydrogen) atoms. The maximum absolute atomic E-state index is 13.1. The minimum absolute atomic E-state index is 0.0464. The summed E-state index contributed by atoms with van der Waals surface area (Å²) >= 11 is 9.37. The van der Waals surface area contributed by atoms with Gasteiger partial charge in [-0.15, -0.1) is 11.8 Å². The highest BCUT2D eigenvalue weighted by Gasteiger charge is 2.27. The van der Waals surface area contributed by atoms with Crippen LogP contribution in [0.4, 0.5) is 11.4 Å². The van der Waals surface area contributed by atoms with E-state index in [1.807, 2.05) is 65.6 Å². The molecule has 3 aromatic rings. The third-order valence-corrected chi connectivity index (χ3v) is 6.50. The Hall–Kier alpha value is -1.88. The molecule has 1 aliphatic heterocycles. The van der Waals surface area contributed by atoms with Crippen molar-refractivity contribution in [3.05, 3.63) is 77.8 Å². The molecule has 1 heterocycles. The summed E-state index contributed by atoms with van der Waals surface area (Å²) in [5, 5.41) is 0.676. The quantitative estimate of drug-likeness (QED) is 0.497. The summed E-state index contributed by atoms with van der Waals surface area (Å²) in [5.41, 5.74) is 1.88. The number of benzene rings is 3. The molecular formula is C20H14ClNOS2. The summed E-state index contributed by atoms with van der Waals surface area (Å²) in [6.45, 7) is 0. The van der Waals surface area contributed by atoms with Gasteiger partial charge in [0.15, 0.2) is 0 Å². The smallest absolute Gasteiger partial charge is 0.241 e.